The molecule has 1 unspecified atom stereocenters. The highest BCUT2D eigenvalue weighted by atomic mass is 35.5. The van der Waals surface area contributed by atoms with E-state index in [0.717, 1.165) is 12.2 Å². The number of anilines is 1. The van der Waals surface area contributed by atoms with Gasteiger partial charge in [0.05, 0.1) is 24.0 Å². The molecule has 7 heteroatoms. The minimum absolute atomic E-state index is 0.00478. The molecule has 0 saturated carbocycles. The fourth-order valence-electron chi connectivity index (χ4n) is 3.17. The highest BCUT2D eigenvalue weighted by Gasteiger charge is 2.28. The van der Waals surface area contributed by atoms with Crippen LogP contribution in [0.5, 0.6) is 5.75 Å². The van der Waals surface area contributed by atoms with Crippen LogP contribution in [0.15, 0.2) is 48.5 Å². The van der Waals surface area contributed by atoms with E-state index in [1.54, 1.807) is 11.0 Å². The molecule has 2 amide bonds. The van der Waals surface area contributed by atoms with E-state index in [-0.39, 0.29) is 29.2 Å². The van der Waals surface area contributed by atoms with Gasteiger partial charge >= 0.3 is 0 Å². The number of ether oxygens (including phenoxy) is 1. The molecule has 1 aliphatic heterocycles. The lowest BCUT2D eigenvalue weighted by Crippen LogP contribution is -2.44. The molecule has 2 aromatic carbocycles. The molecule has 1 fully saturated rings. The lowest BCUT2D eigenvalue weighted by Gasteiger charge is -2.32. The second-order valence-electron chi connectivity index (χ2n) is 6.71. The lowest BCUT2D eigenvalue weighted by molar-refractivity contribution is -0.135. The number of rotatable bonds is 6. The van der Waals surface area contributed by atoms with Gasteiger partial charge in [-0.05, 0) is 43.2 Å². The van der Waals surface area contributed by atoms with Gasteiger partial charge in [0.2, 0.25) is 11.8 Å². The van der Waals surface area contributed by atoms with Crippen molar-refractivity contribution < 1.29 is 18.7 Å². The van der Waals surface area contributed by atoms with E-state index < -0.39 is 5.82 Å². The Balaban J connectivity index is 1.49. The molecule has 0 radical (unpaired) electrons. The topological polar surface area (TPSA) is 58.6 Å². The number of hydrogen-bond acceptors (Lipinski definition) is 3. The number of para-hydroxylation sites is 1. The maximum atomic E-state index is 13.5. The molecule has 28 heavy (non-hydrogen) atoms. The molecule has 1 atom stereocenters. The number of carbonyl (C=O) groups is 2. The third-order valence-electron chi connectivity index (χ3n) is 4.66. The third-order valence-corrected chi connectivity index (χ3v) is 4.97. The lowest BCUT2D eigenvalue weighted by atomic mass is 9.96. The Hall–Kier alpha value is -2.60. The summed E-state index contributed by atoms with van der Waals surface area (Å²) < 4.78 is 19.1. The molecular formula is C21H22ClFN2O3. The Morgan fingerprint density at radius 1 is 1.21 bits per heavy atom. The number of hydrogen-bond donors (Lipinski definition) is 1. The van der Waals surface area contributed by atoms with Gasteiger partial charge in [-0.15, -0.1) is 0 Å². The minimum atomic E-state index is -0.585. The fourth-order valence-corrected chi connectivity index (χ4v) is 3.28. The van der Waals surface area contributed by atoms with E-state index in [0.29, 0.717) is 31.8 Å². The molecule has 0 spiro atoms. The number of halogens is 2. The maximum Gasteiger partial charge on any atom is 0.229 e. The van der Waals surface area contributed by atoms with Crippen molar-refractivity contribution in [2.45, 2.75) is 19.3 Å². The zero-order valence-electron chi connectivity index (χ0n) is 15.4. The Bertz CT molecular complexity index is 832. The zero-order valence-corrected chi connectivity index (χ0v) is 16.1. The summed E-state index contributed by atoms with van der Waals surface area (Å²) in [7, 11) is 0. The largest absolute Gasteiger partial charge is 0.493 e. The van der Waals surface area contributed by atoms with Gasteiger partial charge in [0.25, 0.3) is 0 Å². The van der Waals surface area contributed by atoms with Crippen LogP contribution in [0.2, 0.25) is 5.02 Å². The van der Waals surface area contributed by atoms with Crippen molar-refractivity contribution in [3.05, 3.63) is 59.4 Å². The second kappa shape index (κ2) is 9.55. The summed E-state index contributed by atoms with van der Waals surface area (Å²) in [4.78, 5) is 26.6. The maximum absolute atomic E-state index is 13.5. The van der Waals surface area contributed by atoms with Gasteiger partial charge in [0.1, 0.15) is 11.6 Å². The Labute approximate surface area is 168 Å². The highest BCUT2D eigenvalue weighted by molar-refractivity contribution is 6.30. The molecule has 5 nitrogen and oxygen atoms in total. The van der Waals surface area contributed by atoms with Gasteiger partial charge in [-0.1, -0.05) is 29.8 Å². The van der Waals surface area contributed by atoms with Crippen LogP contribution < -0.4 is 10.1 Å². The number of benzene rings is 2. The molecule has 1 N–H and O–H groups in total. The Kier molecular flexibility index (Phi) is 6.87. The molecule has 0 aromatic heterocycles. The van der Waals surface area contributed by atoms with Gasteiger partial charge in [-0.3, -0.25) is 9.59 Å². The van der Waals surface area contributed by atoms with Crippen molar-refractivity contribution in [1.82, 2.24) is 4.90 Å². The van der Waals surface area contributed by atoms with E-state index in [1.807, 2.05) is 30.3 Å². The van der Waals surface area contributed by atoms with Gasteiger partial charge in [-0.2, -0.15) is 0 Å². The average Bonchev–Trinajstić information content (AvgIpc) is 2.71. The first-order valence-electron chi connectivity index (χ1n) is 9.24. The van der Waals surface area contributed by atoms with Crippen LogP contribution in [0, 0.1) is 11.7 Å². The highest BCUT2D eigenvalue weighted by Crippen LogP contribution is 2.22. The first-order chi connectivity index (χ1) is 13.5. The predicted octanol–water partition coefficient (Wildman–Crippen LogP) is 4.13. The monoisotopic (exact) mass is 404 g/mol. The Morgan fingerprint density at radius 3 is 2.75 bits per heavy atom. The summed E-state index contributed by atoms with van der Waals surface area (Å²) in [6, 6.07) is 13.5. The quantitative estimate of drug-likeness (QED) is 0.787. The van der Waals surface area contributed by atoms with Crippen molar-refractivity contribution in [2.75, 3.05) is 25.0 Å². The smallest absolute Gasteiger partial charge is 0.229 e. The number of carbonyl (C=O) groups excluding carboxylic acids is 2. The minimum Gasteiger partial charge on any atom is -0.493 e. The third kappa shape index (κ3) is 5.45. The standard InChI is InChI=1S/C21H22ClFN2O3/c22-18-9-8-16(13-19(18)23)24-21(27)15-5-4-11-25(14-15)20(26)10-12-28-17-6-2-1-3-7-17/h1-3,6-9,13,15H,4-5,10-12,14H2,(H,24,27). The molecule has 1 saturated heterocycles. The molecule has 1 heterocycles. The van der Waals surface area contributed by atoms with E-state index in [1.165, 1.54) is 12.1 Å². The van der Waals surface area contributed by atoms with Crippen molar-refractivity contribution in [3.8, 4) is 5.75 Å². The van der Waals surface area contributed by atoms with Crippen molar-refractivity contribution in [3.63, 3.8) is 0 Å². The normalized spacial score (nSPS) is 16.5. The number of likely N-dealkylation sites (tertiary alicyclic amines) is 1. The first kappa shape index (κ1) is 20.1. The number of piperidine rings is 1. The number of amides is 2. The number of nitrogens with one attached hydrogen (secondary N) is 1. The molecule has 0 bridgehead atoms. The van der Waals surface area contributed by atoms with Gasteiger partial charge in [0, 0.05) is 18.8 Å². The molecule has 148 valence electrons. The first-order valence-corrected chi connectivity index (χ1v) is 9.62. The molecule has 0 aliphatic carbocycles. The van der Waals surface area contributed by atoms with Crippen molar-refractivity contribution in [2.24, 2.45) is 5.92 Å². The van der Waals surface area contributed by atoms with Crippen LogP contribution in [0.25, 0.3) is 0 Å². The summed E-state index contributed by atoms with van der Waals surface area (Å²) in [5.41, 5.74) is 0.353. The second-order valence-corrected chi connectivity index (χ2v) is 7.12. The Morgan fingerprint density at radius 2 is 2.00 bits per heavy atom. The zero-order chi connectivity index (χ0) is 19.9. The van der Waals surface area contributed by atoms with E-state index >= 15 is 0 Å². The van der Waals surface area contributed by atoms with Gasteiger partial charge in [-0.25, -0.2) is 4.39 Å². The van der Waals surface area contributed by atoms with Crippen LogP contribution in [0.1, 0.15) is 19.3 Å². The summed E-state index contributed by atoms with van der Waals surface area (Å²) in [6.45, 7) is 1.27. The average molecular weight is 405 g/mol. The molecule has 3 rings (SSSR count). The van der Waals surface area contributed by atoms with Gasteiger partial charge in [0.15, 0.2) is 0 Å². The molecular weight excluding hydrogens is 383 g/mol. The summed E-state index contributed by atoms with van der Waals surface area (Å²) in [5, 5.41) is 2.71. The van der Waals surface area contributed by atoms with Crippen LogP contribution >= 0.6 is 11.6 Å². The van der Waals surface area contributed by atoms with Crippen molar-refractivity contribution >= 4 is 29.1 Å². The SMILES string of the molecule is O=C(Nc1ccc(Cl)c(F)c1)C1CCCN(C(=O)CCOc2ccccc2)C1. The summed E-state index contributed by atoms with van der Waals surface area (Å²) >= 11 is 5.66. The van der Waals surface area contributed by atoms with Crippen LogP contribution in [-0.2, 0) is 9.59 Å². The van der Waals surface area contributed by atoms with Crippen LogP contribution in [0.3, 0.4) is 0 Å². The van der Waals surface area contributed by atoms with Crippen LogP contribution in [-0.4, -0.2) is 36.4 Å². The summed E-state index contributed by atoms with van der Waals surface area (Å²) in [5.74, 6) is -0.447. The van der Waals surface area contributed by atoms with Crippen molar-refractivity contribution in [1.29, 1.82) is 0 Å². The molecule has 1 aliphatic rings. The predicted molar refractivity (Wildman–Crippen MR) is 106 cm³/mol. The van der Waals surface area contributed by atoms with Crippen LogP contribution in [0.4, 0.5) is 10.1 Å². The van der Waals surface area contributed by atoms with Gasteiger partial charge < -0.3 is 15.0 Å². The van der Waals surface area contributed by atoms with E-state index in [2.05, 4.69) is 5.32 Å². The van der Waals surface area contributed by atoms with E-state index in [9.17, 15) is 14.0 Å². The van der Waals surface area contributed by atoms with E-state index in [4.69, 9.17) is 16.3 Å². The summed E-state index contributed by atoms with van der Waals surface area (Å²) in [6.07, 6.45) is 1.69. The molecule has 2 aromatic rings. The number of nitrogens with zero attached hydrogens (tertiary/aromatic N) is 1. The fraction of sp³-hybridized carbons (Fsp3) is 0.333.